The second kappa shape index (κ2) is 8.47. The van der Waals surface area contributed by atoms with Crippen LogP contribution in [0.5, 0.6) is 0 Å². The number of nitrogens with zero attached hydrogens (tertiary/aromatic N) is 1. The van der Waals surface area contributed by atoms with Gasteiger partial charge in [-0.15, -0.1) is 0 Å². The van der Waals surface area contributed by atoms with Gasteiger partial charge < -0.3 is 4.74 Å². The molecule has 0 spiro atoms. The number of ketones is 1. The molecule has 1 saturated heterocycles. The van der Waals surface area contributed by atoms with E-state index in [1.54, 1.807) is 24.3 Å². The van der Waals surface area contributed by atoms with Crippen LogP contribution in [0.2, 0.25) is 5.02 Å². The quantitative estimate of drug-likeness (QED) is 0.186. The molecule has 0 aromatic heterocycles. The number of amides is 2. The number of ether oxygens (including phenoxy) is 1. The van der Waals surface area contributed by atoms with Crippen LogP contribution in [-0.2, 0) is 19.1 Å². The topological polar surface area (TPSA) is 80.8 Å². The maximum absolute atomic E-state index is 12.9. The van der Waals surface area contributed by atoms with Gasteiger partial charge in [0.15, 0.2) is 12.4 Å². The zero-order valence-corrected chi connectivity index (χ0v) is 18.5. The lowest BCUT2D eigenvalue weighted by Crippen LogP contribution is -2.40. The number of rotatable bonds is 9. The number of unbranched alkanes of at least 4 members (excludes halogenated alkanes) is 2. The van der Waals surface area contributed by atoms with Gasteiger partial charge in [0, 0.05) is 23.6 Å². The van der Waals surface area contributed by atoms with Crippen molar-refractivity contribution in [3.63, 3.8) is 0 Å². The zero-order valence-electron chi connectivity index (χ0n) is 17.7. The van der Waals surface area contributed by atoms with Crippen LogP contribution in [0, 0.1) is 35.5 Å². The Morgan fingerprint density at radius 2 is 1.56 bits per heavy atom. The maximum atomic E-state index is 12.9. The van der Waals surface area contributed by atoms with Crippen LogP contribution < -0.4 is 0 Å². The molecular weight excluding hydrogens is 430 g/mol. The SMILES string of the molecule is O=C(CCCCCN1C(=O)[C@@H]2[C@@H]3C=C[C@H]([C@H]4C[C@H]34)[C@@H]2C1=O)OCC(=O)c1ccc(Cl)cc1. The van der Waals surface area contributed by atoms with Crippen LogP contribution in [0.25, 0.3) is 0 Å². The van der Waals surface area contributed by atoms with Crippen molar-refractivity contribution in [3.05, 3.63) is 47.0 Å². The third-order valence-electron chi connectivity index (χ3n) is 7.55. The summed E-state index contributed by atoms with van der Waals surface area (Å²) < 4.78 is 5.06. The number of esters is 1. The molecule has 0 radical (unpaired) electrons. The fraction of sp³-hybridized carbons (Fsp3) is 0.520. The van der Waals surface area contributed by atoms with E-state index in [4.69, 9.17) is 16.3 Å². The van der Waals surface area contributed by atoms with E-state index >= 15 is 0 Å². The molecule has 32 heavy (non-hydrogen) atoms. The average molecular weight is 456 g/mol. The Morgan fingerprint density at radius 3 is 2.19 bits per heavy atom. The molecule has 168 valence electrons. The highest BCUT2D eigenvalue weighted by Crippen LogP contribution is 2.65. The molecule has 2 bridgehead atoms. The average Bonchev–Trinajstić information content (AvgIpc) is 3.57. The molecule has 2 saturated carbocycles. The van der Waals surface area contributed by atoms with E-state index in [9.17, 15) is 19.2 Å². The minimum absolute atomic E-state index is 0.00446. The van der Waals surface area contributed by atoms with Crippen LogP contribution in [0.1, 0.15) is 42.5 Å². The zero-order chi connectivity index (χ0) is 22.4. The summed E-state index contributed by atoms with van der Waals surface area (Å²) >= 11 is 5.80. The Labute approximate surface area is 191 Å². The van der Waals surface area contributed by atoms with Crippen LogP contribution in [0.4, 0.5) is 0 Å². The number of carbonyl (C=O) groups is 4. The molecule has 2 amide bonds. The van der Waals surface area contributed by atoms with Gasteiger partial charge in [-0.2, -0.15) is 0 Å². The van der Waals surface area contributed by atoms with Crippen molar-refractivity contribution in [2.75, 3.05) is 13.2 Å². The normalized spacial score (nSPS) is 31.5. The smallest absolute Gasteiger partial charge is 0.306 e. The number of allylic oxidation sites excluding steroid dienone is 2. The van der Waals surface area contributed by atoms with Crippen molar-refractivity contribution in [2.45, 2.75) is 32.1 Å². The predicted octanol–water partition coefficient (Wildman–Crippen LogP) is 3.68. The third-order valence-corrected chi connectivity index (χ3v) is 7.80. The fourth-order valence-electron chi connectivity index (χ4n) is 5.89. The van der Waals surface area contributed by atoms with E-state index < -0.39 is 5.97 Å². The van der Waals surface area contributed by atoms with Crippen molar-refractivity contribution >= 4 is 35.2 Å². The van der Waals surface area contributed by atoms with Gasteiger partial charge >= 0.3 is 5.97 Å². The summed E-state index contributed by atoms with van der Waals surface area (Å²) in [6.45, 7) is 0.127. The number of halogens is 1. The first-order valence-corrected chi connectivity index (χ1v) is 11.8. The van der Waals surface area contributed by atoms with Gasteiger partial charge in [-0.05, 0) is 67.2 Å². The van der Waals surface area contributed by atoms with Crippen molar-refractivity contribution < 1.29 is 23.9 Å². The first-order valence-electron chi connectivity index (χ1n) is 11.4. The summed E-state index contributed by atoms with van der Waals surface area (Å²) in [5.74, 6) is 0.750. The van der Waals surface area contributed by atoms with E-state index in [1.807, 2.05) is 0 Å². The van der Waals surface area contributed by atoms with Crippen molar-refractivity contribution in [1.82, 2.24) is 4.90 Å². The highest BCUT2D eigenvalue weighted by Gasteiger charge is 2.66. The second-order valence-corrected chi connectivity index (χ2v) is 9.82. The van der Waals surface area contributed by atoms with E-state index in [0.717, 1.165) is 6.42 Å². The molecular formula is C25H26ClNO5. The first kappa shape index (κ1) is 21.4. The minimum atomic E-state index is -0.423. The van der Waals surface area contributed by atoms with Crippen LogP contribution in [0.15, 0.2) is 36.4 Å². The van der Waals surface area contributed by atoms with Gasteiger partial charge in [-0.25, -0.2) is 0 Å². The number of Topliss-reactive ketones (excluding diaryl/α,β-unsaturated/α-hetero) is 1. The largest absolute Gasteiger partial charge is 0.457 e. The van der Waals surface area contributed by atoms with Gasteiger partial charge in [0.25, 0.3) is 0 Å². The number of imide groups is 1. The summed E-state index contributed by atoms with van der Waals surface area (Å²) in [5, 5.41) is 0.537. The first-order chi connectivity index (χ1) is 15.5. The van der Waals surface area contributed by atoms with Gasteiger partial charge in [-0.3, -0.25) is 24.1 Å². The van der Waals surface area contributed by atoms with Gasteiger partial charge in [0.1, 0.15) is 0 Å². The van der Waals surface area contributed by atoms with Gasteiger partial charge in [-0.1, -0.05) is 30.2 Å². The summed E-state index contributed by atoms with van der Waals surface area (Å²) in [6.07, 6.45) is 7.70. The molecule has 6 nitrogen and oxygen atoms in total. The van der Waals surface area contributed by atoms with Crippen LogP contribution >= 0.6 is 11.6 Å². The second-order valence-electron chi connectivity index (χ2n) is 9.38. The fourth-order valence-corrected chi connectivity index (χ4v) is 6.02. The highest BCUT2D eigenvalue weighted by atomic mass is 35.5. The summed E-state index contributed by atoms with van der Waals surface area (Å²) in [4.78, 5) is 51.3. The Hall–Kier alpha value is -2.47. The Kier molecular flexibility index (Phi) is 5.66. The number of carbonyl (C=O) groups excluding carboxylic acids is 4. The molecule has 4 aliphatic carbocycles. The Balaban J connectivity index is 1.02. The number of benzene rings is 1. The van der Waals surface area contributed by atoms with Crippen LogP contribution in [0.3, 0.4) is 0 Å². The monoisotopic (exact) mass is 455 g/mol. The Bertz CT molecular complexity index is 951. The van der Waals surface area contributed by atoms with E-state index in [2.05, 4.69) is 12.2 Å². The molecule has 5 aliphatic rings. The minimum Gasteiger partial charge on any atom is -0.457 e. The molecule has 0 unspecified atom stereocenters. The summed E-state index contributed by atoms with van der Waals surface area (Å²) in [5.41, 5.74) is 0.448. The lowest BCUT2D eigenvalue weighted by Gasteiger charge is -2.37. The molecule has 1 aliphatic heterocycles. The summed E-state index contributed by atoms with van der Waals surface area (Å²) in [7, 11) is 0. The molecule has 1 heterocycles. The number of hydrogen-bond acceptors (Lipinski definition) is 5. The van der Waals surface area contributed by atoms with Gasteiger partial charge in [0.05, 0.1) is 11.8 Å². The lowest BCUT2D eigenvalue weighted by molar-refractivity contribution is -0.143. The molecule has 6 atom stereocenters. The molecule has 7 heteroatoms. The number of hydrogen-bond donors (Lipinski definition) is 0. The predicted molar refractivity (Wildman–Crippen MR) is 117 cm³/mol. The van der Waals surface area contributed by atoms with Gasteiger partial charge in [0.2, 0.25) is 11.8 Å². The third kappa shape index (κ3) is 3.79. The maximum Gasteiger partial charge on any atom is 0.306 e. The Morgan fingerprint density at radius 1 is 0.938 bits per heavy atom. The standard InChI is InChI=1S/C25H26ClNO5/c26-15-7-5-14(6-8-15)20(28)13-32-21(29)4-2-1-3-11-27-24(30)22-16-9-10-17(19-12-18(16)19)23(22)25(27)31/h5-10,16-19,22-23H,1-4,11-13H2/t16-,17-,18-,19-,22-,23+/m1/s1. The van der Waals surface area contributed by atoms with Crippen molar-refractivity contribution in [3.8, 4) is 0 Å². The lowest BCUT2D eigenvalue weighted by atomic mass is 9.63. The van der Waals surface area contributed by atoms with E-state index in [1.165, 1.54) is 4.90 Å². The van der Waals surface area contributed by atoms with E-state index in [0.29, 0.717) is 48.2 Å². The van der Waals surface area contributed by atoms with E-state index in [-0.39, 0.29) is 54.3 Å². The molecule has 1 aromatic carbocycles. The van der Waals surface area contributed by atoms with Crippen LogP contribution in [-0.4, -0.2) is 41.6 Å². The van der Waals surface area contributed by atoms with Crippen molar-refractivity contribution in [1.29, 1.82) is 0 Å². The molecule has 0 N–H and O–H groups in total. The molecule has 3 fully saturated rings. The molecule has 1 aromatic rings. The van der Waals surface area contributed by atoms with Crippen molar-refractivity contribution in [2.24, 2.45) is 35.5 Å². The number of likely N-dealkylation sites (tertiary alicyclic amines) is 1. The highest BCUT2D eigenvalue weighted by molar-refractivity contribution is 6.30. The molecule has 6 rings (SSSR count). The summed E-state index contributed by atoms with van der Waals surface area (Å²) in [6, 6.07) is 6.43.